The molecule has 7 rings (SSSR count). The van der Waals surface area contributed by atoms with E-state index < -0.39 is 0 Å². The van der Waals surface area contributed by atoms with E-state index in [0.29, 0.717) is 0 Å². The number of aromatic nitrogens is 2. The van der Waals surface area contributed by atoms with Crippen LogP contribution in [0.3, 0.4) is 0 Å². The zero-order chi connectivity index (χ0) is 20.2. The summed E-state index contributed by atoms with van der Waals surface area (Å²) in [5, 5.41) is 6.61. The molecule has 0 unspecified atom stereocenters. The van der Waals surface area contributed by atoms with Gasteiger partial charge in [0.25, 0.3) is 0 Å². The molecular weight excluding hydrogens is 364 g/mol. The molecule has 0 N–H and O–H groups in total. The van der Waals surface area contributed by atoms with E-state index in [1.807, 2.05) is 6.20 Å². The molecule has 30 heavy (non-hydrogen) atoms. The third kappa shape index (κ3) is 1.88. The fourth-order valence-corrected chi connectivity index (χ4v) is 6.17. The molecular formula is C28H24N2. The fraction of sp³-hybridized carbons (Fsp3) is 0.250. The van der Waals surface area contributed by atoms with E-state index in [1.165, 1.54) is 73.0 Å². The number of nitrogens with zero attached hydrogens (tertiary/aromatic N) is 2. The molecule has 0 fully saturated rings. The van der Waals surface area contributed by atoms with Gasteiger partial charge in [-0.3, -0.25) is 4.98 Å². The third-order valence-corrected chi connectivity index (χ3v) is 7.48. The van der Waals surface area contributed by atoms with Gasteiger partial charge in [0.05, 0.1) is 22.1 Å². The van der Waals surface area contributed by atoms with E-state index in [2.05, 4.69) is 73.7 Å². The molecule has 2 nitrogen and oxygen atoms in total. The average Bonchev–Trinajstić information content (AvgIpc) is 3.06. The molecule has 3 aromatic heterocycles. The molecule has 146 valence electrons. The molecule has 0 saturated carbocycles. The van der Waals surface area contributed by atoms with Gasteiger partial charge in [-0.1, -0.05) is 38.1 Å². The van der Waals surface area contributed by atoms with Gasteiger partial charge >= 0.3 is 0 Å². The second-order valence-electron chi connectivity index (χ2n) is 9.81. The number of benzene rings is 3. The van der Waals surface area contributed by atoms with Crippen LogP contribution < -0.4 is 0 Å². The highest BCUT2D eigenvalue weighted by Gasteiger charge is 2.31. The lowest BCUT2D eigenvalue weighted by Crippen LogP contribution is -2.24. The van der Waals surface area contributed by atoms with Gasteiger partial charge < -0.3 is 4.40 Å². The molecule has 0 bridgehead atoms. The minimum absolute atomic E-state index is 0.206. The maximum absolute atomic E-state index is 4.94. The van der Waals surface area contributed by atoms with Crippen molar-refractivity contribution < 1.29 is 0 Å². The van der Waals surface area contributed by atoms with Gasteiger partial charge in [-0.05, 0) is 77.9 Å². The standard InChI is InChI=1S/C28H24N2/c1-16-13-20-18-7-4-5-9-23(18)30-26(20)21(14-16)25-24-17(10-12-29-25)15-22-19(27(24)30)8-6-11-28(22,2)3/h4-5,7,9-10,12-15H,6,8,11H2,1-3H3. The summed E-state index contributed by atoms with van der Waals surface area (Å²) in [5.74, 6) is 0. The first kappa shape index (κ1) is 16.6. The van der Waals surface area contributed by atoms with Gasteiger partial charge in [0, 0.05) is 27.7 Å². The lowest BCUT2D eigenvalue weighted by molar-refractivity contribution is 0.433. The Kier molecular flexibility index (Phi) is 2.95. The van der Waals surface area contributed by atoms with Crippen molar-refractivity contribution in [1.82, 2.24) is 9.38 Å². The summed E-state index contributed by atoms with van der Waals surface area (Å²) in [7, 11) is 0. The van der Waals surface area contributed by atoms with E-state index in [4.69, 9.17) is 4.98 Å². The molecule has 0 amide bonds. The van der Waals surface area contributed by atoms with Crippen LogP contribution in [0.4, 0.5) is 0 Å². The molecule has 1 aliphatic rings. The highest BCUT2D eigenvalue weighted by Crippen LogP contribution is 2.46. The van der Waals surface area contributed by atoms with Crippen molar-refractivity contribution in [2.75, 3.05) is 0 Å². The SMILES string of the molecule is Cc1cc2c3ccccc3n3c4c5c(cc6ccnc(c(c1)c23)c64)C(C)(C)CCC5. The van der Waals surface area contributed by atoms with E-state index in [9.17, 15) is 0 Å². The quantitative estimate of drug-likeness (QED) is 0.197. The molecule has 0 spiro atoms. The largest absolute Gasteiger partial charge is 0.308 e. The Morgan fingerprint density at radius 3 is 2.67 bits per heavy atom. The van der Waals surface area contributed by atoms with Crippen molar-refractivity contribution in [3.8, 4) is 0 Å². The summed E-state index contributed by atoms with van der Waals surface area (Å²) in [6.45, 7) is 7.03. The predicted octanol–water partition coefficient (Wildman–Crippen LogP) is 7.31. The van der Waals surface area contributed by atoms with Crippen molar-refractivity contribution in [3.63, 3.8) is 0 Å². The maximum Gasteiger partial charge on any atom is 0.0822 e. The van der Waals surface area contributed by atoms with Crippen LogP contribution in [-0.2, 0) is 11.8 Å². The number of aryl methyl sites for hydroxylation is 2. The summed E-state index contributed by atoms with van der Waals surface area (Å²) in [6, 6.07) is 18.2. The van der Waals surface area contributed by atoms with Crippen molar-refractivity contribution in [3.05, 3.63) is 71.4 Å². The van der Waals surface area contributed by atoms with Crippen LogP contribution in [0, 0.1) is 6.92 Å². The van der Waals surface area contributed by atoms with Crippen LogP contribution in [0.2, 0.25) is 0 Å². The van der Waals surface area contributed by atoms with Crippen molar-refractivity contribution in [1.29, 1.82) is 0 Å². The zero-order valence-electron chi connectivity index (χ0n) is 17.7. The first-order valence-electron chi connectivity index (χ1n) is 11.0. The number of fused-ring (bicyclic) bond motifs is 7. The Morgan fingerprint density at radius 1 is 0.933 bits per heavy atom. The second-order valence-corrected chi connectivity index (χ2v) is 9.81. The topological polar surface area (TPSA) is 17.3 Å². The average molecular weight is 389 g/mol. The Balaban J connectivity index is 1.92. The number of rotatable bonds is 0. The predicted molar refractivity (Wildman–Crippen MR) is 127 cm³/mol. The summed E-state index contributed by atoms with van der Waals surface area (Å²) < 4.78 is 2.57. The minimum atomic E-state index is 0.206. The van der Waals surface area contributed by atoms with E-state index in [-0.39, 0.29) is 5.41 Å². The summed E-state index contributed by atoms with van der Waals surface area (Å²) in [6.07, 6.45) is 5.64. The third-order valence-electron chi connectivity index (χ3n) is 7.48. The molecule has 1 aliphatic carbocycles. The highest BCUT2D eigenvalue weighted by molar-refractivity contribution is 6.26. The Labute approximate surface area is 175 Å². The van der Waals surface area contributed by atoms with Gasteiger partial charge in [-0.2, -0.15) is 0 Å². The summed E-state index contributed by atoms with van der Waals surface area (Å²) in [4.78, 5) is 4.94. The number of hydrogen-bond donors (Lipinski definition) is 0. The van der Waals surface area contributed by atoms with Crippen LogP contribution in [0.15, 0.2) is 54.7 Å². The molecule has 3 aromatic carbocycles. The molecule has 0 radical (unpaired) electrons. The Bertz CT molecular complexity index is 1650. The van der Waals surface area contributed by atoms with Crippen LogP contribution in [0.1, 0.15) is 43.4 Å². The number of pyridine rings is 2. The van der Waals surface area contributed by atoms with E-state index in [0.717, 1.165) is 11.9 Å². The summed E-state index contributed by atoms with van der Waals surface area (Å²) >= 11 is 0. The molecule has 3 heterocycles. The van der Waals surface area contributed by atoms with E-state index >= 15 is 0 Å². The van der Waals surface area contributed by atoms with Gasteiger partial charge in [0.1, 0.15) is 0 Å². The van der Waals surface area contributed by atoms with Gasteiger partial charge in [0.15, 0.2) is 0 Å². The van der Waals surface area contributed by atoms with Crippen molar-refractivity contribution in [2.24, 2.45) is 0 Å². The fourth-order valence-electron chi connectivity index (χ4n) is 6.17. The number of hydrogen-bond acceptors (Lipinski definition) is 1. The van der Waals surface area contributed by atoms with Crippen molar-refractivity contribution >= 4 is 49.0 Å². The van der Waals surface area contributed by atoms with Crippen LogP contribution in [0.25, 0.3) is 49.0 Å². The van der Waals surface area contributed by atoms with Gasteiger partial charge in [0.2, 0.25) is 0 Å². The smallest absolute Gasteiger partial charge is 0.0822 e. The highest BCUT2D eigenvalue weighted by atomic mass is 14.9. The summed E-state index contributed by atoms with van der Waals surface area (Å²) in [5.41, 5.74) is 9.73. The molecule has 2 heteroatoms. The maximum atomic E-state index is 4.94. The van der Waals surface area contributed by atoms with Crippen LogP contribution >= 0.6 is 0 Å². The normalized spacial score (nSPS) is 16.4. The van der Waals surface area contributed by atoms with Gasteiger partial charge in [-0.25, -0.2) is 0 Å². The number of para-hydroxylation sites is 1. The van der Waals surface area contributed by atoms with Crippen LogP contribution in [-0.4, -0.2) is 9.38 Å². The first-order valence-corrected chi connectivity index (χ1v) is 11.0. The lowest BCUT2D eigenvalue weighted by atomic mass is 9.71. The van der Waals surface area contributed by atoms with E-state index in [1.54, 1.807) is 0 Å². The van der Waals surface area contributed by atoms with Gasteiger partial charge in [-0.15, -0.1) is 0 Å². The van der Waals surface area contributed by atoms with Crippen LogP contribution in [0.5, 0.6) is 0 Å². The van der Waals surface area contributed by atoms with Crippen molar-refractivity contribution in [2.45, 2.75) is 45.4 Å². The molecule has 0 saturated heterocycles. The zero-order valence-corrected chi connectivity index (χ0v) is 17.7. The monoisotopic (exact) mass is 388 g/mol. The Hall–Kier alpha value is -3.13. The first-order chi connectivity index (χ1) is 14.5. The molecule has 6 aromatic rings. The second kappa shape index (κ2) is 5.31. The lowest BCUT2D eigenvalue weighted by Gasteiger charge is -2.34. The molecule has 0 aliphatic heterocycles. The molecule has 0 atom stereocenters. The Morgan fingerprint density at radius 2 is 1.77 bits per heavy atom. The minimum Gasteiger partial charge on any atom is -0.308 e.